The third-order valence-electron chi connectivity index (χ3n) is 6.62. The van der Waals surface area contributed by atoms with E-state index in [4.69, 9.17) is 23.7 Å². The zero-order chi connectivity index (χ0) is 29.1. The number of ether oxygens (including phenoxy) is 5. The summed E-state index contributed by atoms with van der Waals surface area (Å²) >= 11 is 0. The molecule has 0 unspecified atom stereocenters. The summed E-state index contributed by atoms with van der Waals surface area (Å²) in [6.07, 6.45) is 3.22. The Morgan fingerprint density at radius 2 is 1.90 bits per heavy atom. The number of cyclic esters (lactones) is 1. The van der Waals surface area contributed by atoms with Crippen LogP contribution in [0, 0.1) is 11.8 Å². The number of benzene rings is 1. The van der Waals surface area contributed by atoms with E-state index in [0.29, 0.717) is 25.4 Å². The summed E-state index contributed by atoms with van der Waals surface area (Å²) in [5.41, 5.74) is 1.09. The number of aromatic nitrogens is 1. The van der Waals surface area contributed by atoms with Crippen LogP contribution in [-0.2, 0) is 30.2 Å². The van der Waals surface area contributed by atoms with Crippen LogP contribution in [0.4, 0.5) is 0 Å². The zero-order valence-corrected chi connectivity index (χ0v) is 23.9. The number of carbonyl (C=O) groups is 3. The third kappa shape index (κ3) is 8.94. The van der Waals surface area contributed by atoms with Gasteiger partial charge < -0.3 is 29.0 Å². The van der Waals surface area contributed by atoms with Crippen LogP contribution in [0.2, 0.25) is 0 Å². The number of carbonyl (C=O) groups excluding carboxylic acids is 3. The van der Waals surface area contributed by atoms with Gasteiger partial charge in [0.25, 0.3) is 5.91 Å². The average molecular weight is 557 g/mol. The molecular formula is C30H40N2O8. The molecule has 0 spiro atoms. The number of rotatable bonds is 11. The van der Waals surface area contributed by atoms with E-state index in [9.17, 15) is 14.4 Å². The maximum Gasteiger partial charge on any atom is 0.329 e. The zero-order valence-electron chi connectivity index (χ0n) is 23.9. The number of nitrogens with zero attached hydrogens (tertiary/aromatic N) is 1. The summed E-state index contributed by atoms with van der Waals surface area (Å²) in [5.74, 6) is -1.04. The van der Waals surface area contributed by atoms with Gasteiger partial charge in [-0.2, -0.15) is 0 Å². The van der Waals surface area contributed by atoms with Gasteiger partial charge in [0.05, 0.1) is 13.2 Å². The number of pyridine rings is 1. The van der Waals surface area contributed by atoms with Crippen molar-refractivity contribution in [2.75, 3.05) is 20.5 Å². The van der Waals surface area contributed by atoms with Crippen LogP contribution in [0.3, 0.4) is 0 Å². The minimum absolute atomic E-state index is 0.00127. The summed E-state index contributed by atoms with van der Waals surface area (Å²) in [4.78, 5) is 41.9. The molecule has 1 aromatic carbocycles. The minimum atomic E-state index is -0.898. The second kappa shape index (κ2) is 15.2. The highest BCUT2D eigenvalue weighted by Gasteiger charge is 2.35. The molecule has 1 aliphatic rings. The number of hydrogen-bond donors (Lipinski definition) is 1. The maximum absolute atomic E-state index is 13.3. The molecule has 4 atom stereocenters. The molecule has 2 heterocycles. The lowest BCUT2D eigenvalue weighted by Gasteiger charge is -2.32. The van der Waals surface area contributed by atoms with E-state index in [1.165, 1.54) is 31.9 Å². The fraction of sp³-hybridized carbons (Fsp3) is 0.533. The Kier molecular flexibility index (Phi) is 11.7. The molecule has 3 rings (SSSR count). The van der Waals surface area contributed by atoms with Gasteiger partial charge in [-0.1, -0.05) is 50.6 Å². The van der Waals surface area contributed by atoms with Gasteiger partial charge in [-0.3, -0.25) is 9.59 Å². The van der Waals surface area contributed by atoms with Crippen molar-refractivity contribution >= 4 is 17.8 Å². The van der Waals surface area contributed by atoms with Gasteiger partial charge in [-0.15, -0.1) is 0 Å². The predicted octanol–water partition coefficient (Wildman–Crippen LogP) is 4.10. The van der Waals surface area contributed by atoms with E-state index in [0.717, 1.165) is 12.8 Å². The van der Waals surface area contributed by atoms with Gasteiger partial charge in [0.2, 0.25) is 6.79 Å². The molecule has 2 aromatic rings. The topological polar surface area (TPSA) is 122 Å². The number of methoxy groups -OCH3 is 1. The molecule has 0 radical (unpaired) electrons. The predicted molar refractivity (Wildman–Crippen MR) is 147 cm³/mol. The highest BCUT2D eigenvalue weighted by molar-refractivity contribution is 5.98. The lowest BCUT2D eigenvalue weighted by molar-refractivity contribution is -0.161. The average Bonchev–Trinajstić information content (AvgIpc) is 2.96. The summed E-state index contributed by atoms with van der Waals surface area (Å²) in [7, 11) is 1.41. The molecule has 10 nitrogen and oxygen atoms in total. The van der Waals surface area contributed by atoms with Gasteiger partial charge in [-0.25, -0.2) is 9.78 Å². The molecule has 10 heteroatoms. The maximum atomic E-state index is 13.3. The Morgan fingerprint density at radius 1 is 1.15 bits per heavy atom. The van der Waals surface area contributed by atoms with E-state index < -0.39 is 36.8 Å². The lowest BCUT2D eigenvalue weighted by Crippen LogP contribution is -2.45. The Morgan fingerprint density at radius 3 is 2.58 bits per heavy atom. The quantitative estimate of drug-likeness (QED) is 0.322. The minimum Gasteiger partial charge on any atom is -0.493 e. The number of amides is 1. The van der Waals surface area contributed by atoms with Gasteiger partial charge in [-0.05, 0) is 43.6 Å². The highest BCUT2D eigenvalue weighted by atomic mass is 16.7. The number of hydrogen-bond acceptors (Lipinski definition) is 9. The van der Waals surface area contributed by atoms with Crippen molar-refractivity contribution in [3.8, 4) is 11.5 Å². The SMILES string of the molecule is COc1ccnc(C(=O)N[C@H]2CCC[C@H](Cc3ccccc3)[C@@H](OCC(C)C)[C@H](C)OC2=O)c1OCOC(C)=O. The van der Waals surface area contributed by atoms with Crippen molar-refractivity contribution in [1.29, 1.82) is 0 Å². The first-order valence-corrected chi connectivity index (χ1v) is 13.7. The first-order chi connectivity index (χ1) is 19.2. The van der Waals surface area contributed by atoms with Crippen LogP contribution in [-0.4, -0.2) is 61.6 Å². The van der Waals surface area contributed by atoms with Gasteiger partial charge >= 0.3 is 11.9 Å². The van der Waals surface area contributed by atoms with E-state index in [-0.39, 0.29) is 29.2 Å². The molecule has 1 amide bonds. The molecule has 0 bridgehead atoms. The van der Waals surface area contributed by atoms with Crippen LogP contribution in [0.1, 0.15) is 63.0 Å². The first kappa shape index (κ1) is 30.9. The molecule has 40 heavy (non-hydrogen) atoms. The van der Waals surface area contributed by atoms with Crippen LogP contribution in [0.25, 0.3) is 0 Å². The Bertz CT molecular complexity index is 1120. The Hall–Kier alpha value is -3.66. The fourth-order valence-corrected chi connectivity index (χ4v) is 4.71. The summed E-state index contributed by atoms with van der Waals surface area (Å²) in [5, 5.41) is 2.76. The number of esters is 2. The summed E-state index contributed by atoms with van der Waals surface area (Å²) < 4.78 is 27.8. The van der Waals surface area contributed by atoms with Gasteiger partial charge in [0.15, 0.2) is 17.2 Å². The molecule has 1 N–H and O–H groups in total. The molecule has 0 aliphatic carbocycles. The monoisotopic (exact) mass is 556 g/mol. The van der Waals surface area contributed by atoms with Crippen molar-refractivity contribution in [1.82, 2.24) is 10.3 Å². The molecular weight excluding hydrogens is 516 g/mol. The first-order valence-electron chi connectivity index (χ1n) is 13.7. The fourth-order valence-electron chi connectivity index (χ4n) is 4.71. The van der Waals surface area contributed by atoms with E-state index in [1.54, 1.807) is 0 Å². The molecule has 0 saturated carbocycles. The molecule has 218 valence electrons. The smallest absolute Gasteiger partial charge is 0.329 e. The van der Waals surface area contributed by atoms with Gasteiger partial charge in [0, 0.05) is 25.8 Å². The normalized spacial score (nSPS) is 21.4. The molecule has 1 aromatic heterocycles. The van der Waals surface area contributed by atoms with Crippen LogP contribution < -0.4 is 14.8 Å². The number of nitrogens with one attached hydrogen (secondary N) is 1. The van der Waals surface area contributed by atoms with E-state index >= 15 is 0 Å². The molecule has 1 fully saturated rings. The largest absolute Gasteiger partial charge is 0.493 e. The van der Waals surface area contributed by atoms with E-state index in [2.05, 4.69) is 36.3 Å². The van der Waals surface area contributed by atoms with E-state index in [1.807, 2.05) is 25.1 Å². The Labute approximate surface area is 235 Å². The Balaban J connectivity index is 1.78. The van der Waals surface area contributed by atoms with Gasteiger partial charge in [0.1, 0.15) is 12.1 Å². The standard InChI is InChI=1S/C30H40N2O8/c1-19(2)17-37-27-20(3)40-30(35)24(13-9-12-23(27)16-22-10-7-6-8-11-22)32-29(34)26-28(39-18-38-21(4)33)25(36-5)14-15-31-26/h6-8,10-11,14-15,19-20,23-24,27H,9,12-13,16-18H2,1-5H3,(H,32,34)/t20-,23+,24-,27-/m0/s1. The summed E-state index contributed by atoms with van der Waals surface area (Å²) in [6.45, 7) is 7.37. The van der Waals surface area contributed by atoms with Crippen molar-refractivity contribution in [3.05, 3.63) is 53.9 Å². The lowest BCUT2D eigenvalue weighted by atomic mass is 9.86. The van der Waals surface area contributed by atoms with Crippen LogP contribution >= 0.6 is 0 Å². The highest BCUT2D eigenvalue weighted by Crippen LogP contribution is 2.31. The van der Waals surface area contributed by atoms with Crippen molar-refractivity contribution in [2.45, 2.75) is 71.6 Å². The molecule has 1 aliphatic heterocycles. The van der Waals surface area contributed by atoms with Crippen molar-refractivity contribution in [2.24, 2.45) is 11.8 Å². The van der Waals surface area contributed by atoms with Crippen molar-refractivity contribution < 1.29 is 38.1 Å². The summed E-state index contributed by atoms with van der Waals surface area (Å²) in [6, 6.07) is 10.8. The second-order valence-corrected chi connectivity index (χ2v) is 10.3. The van der Waals surface area contributed by atoms with Crippen LogP contribution in [0.5, 0.6) is 11.5 Å². The third-order valence-corrected chi connectivity index (χ3v) is 6.62. The molecule has 1 saturated heterocycles. The van der Waals surface area contributed by atoms with Crippen molar-refractivity contribution in [3.63, 3.8) is 0 Å². The van der Waals surface area contributed by atoms with Crippen LogP contribution in [0.15, 0.2) is 42.6 Å². The second-order valence-electron chi connectivity index (χ2n) is 10.3.